The highest BCUT2D eigenvalue weighted by Gasteiger charge is 2.42. The maximum atomic E-state index is 10.6. The van der Waals surface area contributed by atoms with Gasteiger partial charge in [0.2, 0.25) is 0 Å². The first-order chi connectivity index (χ1) is 6.47. The lowest BCUT2D eigenvalue weighted by Gasteiger charge is -2.22. The van der Waals surface area contributed by atoms with Crippen LogP contribution in [0.2, 0.25) is 0 Å². The summed E-state index contributed by atoms with van der Waals surface area (Å²) < 4.78 is 34.3. The molecule has 0 amide bonds. The zero-order chi connectivity index (χ0) is 10.3. The number of nitrogens with zero attached hydrogens (tertiary/aromatic N) is 2. The van der Waals surface area contributed by atoms with E-state index >= 15 is 0 Å². The van der Waals surface area contributed by atoms with Crippen LogP contribution in [0.3, 0.4) is 0 Å². The molecule has 1 N–H and O–H groups in total. The molecular formula is C7H14N2O4S. The molecule has 0 saturated carbocycles. The van der Waals surface area contributed by atoms with Crippen molar-refractivity contribution in [1.82, 2.24) is 9.96 Å². The van der Waals surface area contributed by atoms with E-state index in [4.69, 9.17) is 4.55 Å². The van der Waals surface area contributed by atoms with Crippen molar-refractivity contribution >= 4 is 10.4 Å². The molecule has 2 bridgehead atoms. The van der Waals surface area contributed by atoms with Gasteiger partial charge in [0.15, 0.2) is 0 Å². The molecule has 3 unspecified atom stereocenters. The SMILES string of the molecule is CC1N2CCCC(C2)N1OS(=O)(=O)O. The van der Waals surface area contributed by atoms with Gasteiger partial charge in [-0.2, -0.15) is 12.7 Å². The first kappa shape index (κ1) is 10.3. The van der Waals surface area contributed by atoms with E-state index < -0.39 is 10.4 Å². The maximum absolute atomic E-state index is 10.6. The third kappa shape index (κ3) is 1.91. The maximum Gasteiger partial charge on any atom is 0.413 e. The minimum absolute atomic E-state index is 0.0792. The fourth-order valence-corrected chi connectivity index (χ4v) is 2.69. The van der Waals surface area contributed by atoms with Crippen LogP contribution in [0.1, 0.15) is 19.8 Å². The number of fused-ring (bicyclic) bond motifs is 2. The molecule has 2 fully saturated rings. The molecule has 0 aromatic carbocycles. The number of piperidine rings is 1. The van der Waals surface area contributed by atoms with Gasteiger partial charge in [-0.1, -0.05) is 0 Å². The topological polar surface area (TPSA) is 70.1 Å². The van der Waals surface area contributed by atoms with Gasteiger partial charge in [0.05, 0.1) is 12.2 Å². The first-order valence-corrected chi connectivity index (χ1v) is 6.03. The quantitative estimate of drug-likeness (QED) is 0.655. The molecule has 0 aliphatic carbocycles. The molecule has 2 heterocycles. The van der Waals surface area contributed by atoms with Crippen LogP contribution in [0, 0.1) is 0 Å². The van der Waals surface area contributed by atoms with Gasteiger partial charge in [-0.3, -0.25) is 9.45 Å². The van der Waals surface area contributed by atoms with Gasteiger partial charge in [0.25, 0.3) is 0 Å². The molecular weight excluding hydrogens is 208 g/mol. The highest BCUT2D eigenvalue weighted by atomic mass is 32.3. The van der Waals surface area contributed by atoms with Gasteiger partial charge in [-0.15, -0.1) is 5.06 Å². The molecule has 0 radical (unpaired) electrons. The molecule has 7 heteroatoms. The van der Waals surface area contributed by atoms with Crippen molar-refractivity contribution < 1.29 is 17.3 Å². The normalized spacial score (nSPS) is 38.9. The van der Waals surface area contributed by atoms with Crippen LogP contribution in [0.25, 0.3) is 0 Å². The van der Waals surface area contributed by atoms with Crippen molar-refractivity contribution in [1.29, 1.82) is 0 Å². The van der Waals surface area contributed by atoms with Gasteiger partial charge >= 0.3 is 10.4 Å². The van der Waals surface area contributed by atoms with Crippen molar-refractivity contribution in [3.05, 3.63) is 0 Å². The van der Waals surface area contributed by atoms with E-state index in [1.807, 2.05) is 6.92 Å². The Labute approximate surface area is 83.3 Å². The third-order valence-corrected chi connectivity index (χ3v) is 3.23. The smallest absolute Gasteiger partial charge is 0.285 e. The number of hydroxylamine groups is 2. The van der Waals surface area contributed by atoms with Crippen LogP contribution in [0.4, 0.5) is 0 Å². The Bertz CT molecular complexity index is 316. The number of hydrogen-bond donors (Lipinski definition) is 1. The highest BCUT2D eigenvalue weighted by Crippen LogP contribution is 2.29. The van der Waals surface area contributed by atoms with Gasteiger partial charge < -0.3 is 0 Å². The van der Waals surface area contributed by atoms with Crippen molar-refractivity contribution in [2.75, 3.05) is 13.1 Å². The van der Waals surface area contributed by atoms with Gasteiger partial charge in [-0.25, -0.2) is 0 Å². The Hall–Kier alpha value is -0.210. The molecule has 82 valence electrons. The van der Waals surface area contributed by atoms with Crippen molar-refractivity contribution in [3.8, 4) is 0 Å². The van der Waals surface area contributed by atoms with Gasteiger partial charge in [0, 0.05) is 6.54 Å². The van der Waals surface area contributed by atoms with E-state index in [0.29, 0.717) is 0 Å². The van der Waals surface area contributed by atoms with Gasteiger partial charge in [0.1, 0.15) is 0 Å². The second kappa shape index (κ2) is 3.42. The van der Waals surface area contributed by atoms with Crippen LogP contribution < -0.4 is 0 Å². The fourth-order valence-electron chi connectivity index (χ4n) is 2.23. The van der Waals surface area contributed by atoms with Crippen molar-refractivity contribution in [2.45, 2.75) is 32.0 Å². The van der Waals surface area contributed by atoms with E-state index in [1.54, 1.807) is 0 Å². The van der Waals surface area contributed by atoms with E-state index in [2.05, 4.69) is 9.18 Å². The Kier molecular flexibility index (Phi) is 2.52. The summed E-state index contributed by atoms with van der Waals surface area (Å²) in [5.41, 5.74) is 0. The van der Waals surface area contributed by atoms with E-state index in [-0.39, 0.29) is 12.2 Å². The molecule has 2 saturated heterocycles. The van der Waals surface area contributed by atoms with Gasteiger partial charge in [-0.05, 0) is 26.3 Å². The van der Waals surface area contributed by atoms with E-state index in [0.717, 1.165) is 25.9 Å². The summed E-state index contributed by atoms with van der Waals surface area (Å²) in [5, 5.41) is 1.38. The zero-order valence-electron chi connectivity index (χ0n) is 7.96. The average molecular weight is 222 g/mol. The van der Waals surface area contributed by atoms with Crippen molar-refractivity contribution in [2.24, 2.45) is 0 Å². The molecule has 2 aliphatic heterocycles. The Morgan fingerprint density at radius 1 is 1.50 bits per heavy atom. The molecule has 6 nitrogen and oxygen atoms in total. The summed E-state index contributed by atoms with van der Waals surface area (Å²) in [7, 11) is -4.38. The average Bonchev–Trinajstić information content (AvgIpc) is 2.28. The van der Waals surface area contributed by atoms with Crippen molar-refractivity contribution in [3.63, 3.8) is 0 Å². The summed E-state index contributed by atoms with van der Waals surface area (Å²) in [6, 6.07) is 0.0840. The van der Waals surface area contributed by atoms with Crippen LogP contribution in [0.5, 0.6) is 0 Å². The summed E-state index contributed by atoms with van der Waals surface area (Å²) in [5.74, 6) is 0. The minimum Gasteiger partial charge on any atom is -0.285 e. The second-order valence-electron chi connectivity index (χ2n) is 3.79. The molecule has 0 spiro atoms. The minimum atomic E-state index is -4.38. The number of rotatable bonds is 2. The molecule has 3 atom stereocenters. The molecule has 2 aliphatic rings. The van der Waals surface area contributed by atoms with E-state index in [1.165, 1.54) is 5.06 Å². The van der Waals surface area contributed by atoms with Crippen LogP contribution in [-0.4, -0.2) is 48.2 Å². The van der Waals surface area contributed by atoms with E-state index in [9.17, 15) is 8.42 Å². The molecule has 0 aromatic rings. The first-order valence-electron chi connectivity index (χ1n) is 4.67. The Balaban J connectivity index is 2.12. The fraction of sp³-hybridized carbons (Fsp3) is 1.00. The molecule has 0 aromatic heterocycles. The third-order valence-electron chi connectivity index (χ3n) is 2.86. The lowest BCUT2D eigenvalue weighted by molar-refractivity contribution is -0.110. The lowest BCUT2D eigenvalue weighted by Crippen LogP contribution is -2.38. The summed E-state index contributed by atoms with van der Waals surface area (Å²) >= 11 is 0. The summed E-state index contributed by atoms with van der Waals surface area (Å²) in [4.78, 5) is 2.14. The highest BCUT2D eigenvalue weighted by molar-refractivity contribution is 7.80. The summed E-state index contributed by atoms with van der Waals surface area (Å²) in [6.07, 6.45) is 1.88. The second-order valence-corrected chi connectivity index (χ2v) is 4.79. The van der Waals surface area contributed by atoms with Crippen LogP contribution >= 0.6 is 0 Å². The predicted octanol–water partition coefficient (Wildman–Crippen LogP) is -0.153. The predicted molar refractivity (Wildman–Crippen MR) is 48.5 cm³/mol. The van der Waals surface area contributed by atoms with Crippen LogP contribution in [-0.2, 0) is 14.7 Å². The molecule has 14 heavy (non-hydrogen) atoms. The largest absolute Gasteiger partial charge is 0.413 e. The summed E-state index contributed by atoms with van der Waals surface area (Å²) in [6.45, 7) is 3.65. The van der Waals surface area contributed by atoms with Crippen LogP contribution in [0.15, 0.2) is 0 Å². The lowest BCUT2D eigenvalue weighted by atomic mass is 10.1. The standard InChI is InChI=1S/C7H14N2O4S/c1-6-8-4-2-3-7(5-8)9(6)13-14(10,11)12/h6-7H,2-5H2,1H3,(H,10,11,12). The molecule has 2 rings (SSSR count). The Morgan fingerprint density at radius 3 is 2.79 bits per heavy atom. The zero-order valence-corrected chi connectivity index (χ0v) is 8.77. The Morgan fingerprint density at radius 2 is 2.21 bits per heavy atom. The monoisotopic (exact) mass is 222 g/mol. The number of hydrogen-bond acceptors (Lipinski definition) is 5.